The molecule has 0 saturated carbocycles. The van der Waals surface area contributed by atoms with Crippen LogP contribution >= 0.6 is 0 Å². The fourth-order valence-corrected chi connectivity index (χ4v) is 3.72. The molecule has 0 amide bonds. The highest BCUT2D eigenvalue weighted by atomic mass is 16.5. The van der Waals surface area contributed by atoms with Crippen LogP contribution < -0.4 is 14.5 Å². The minimum absolute atomic E-state index is 0.0945. The quantitative estimate of drug-likeness (QED) is 0.790. The van der Waals surface area contributed by atoms with Crippen molar-refractivity contribution in [3.63, 3.8) is 0 Å². The number of aryl methyl sites for hydroxylation is 1. The number of anilines is 2. The van der Waals surface area contributed by atoms with E-state index in [4.69, 9.17) is 4.74 Å². The molecular weight excluding hydrogens is 260 g/mol. The minimum Gasteiger partial charge on any atom is -0.466 e. The van der Waals surface area contributed by atoms with Crippen LogP contribution in [0.15, 0.2) is 48.5 Å². The Balaban J connectivity index is 1.77. The summed E-state index contributed by atoms with van der Waals surface area (Å²) in [5.41, 5.74) is 3.82. The van der Waals surface area contributed by atoms with Gasteiger partial charge in [-0.25, -0.2) is 0 Å². The number of para-hydroxylation sites is 3. The molecule has 0 radical (unpaired) electrons. The Kier molecular flexibility index (Phi) is 2.64. The summed E-state index contributed by atoms with van der Waals surface area (Å²) in [6.45, 7) is 6.68. The zero-order valence-corrected chi connectivity index (χ0v) is 12.7. The molecule has 108 valence electrons. The summed E-state index contributed by atoms with van der Waals surface area (Å²) in [5.74, 6) is 1.01. The van der Waals surface area contributed by atoms with Gasteiger partial charge in [-0.1, -0.05) is 30.3 Å². The Bertz CT molecular complexity index is 684. The van der Waals surface area contributed by atoms with Gasteiger partial charge in [0.05, 0.1) is 11.7 Å². The first-order valence-electron chi connectivity index (χ1n) is 7.56. The topological polar surface area (TPSA) is 15.7 Å². The molecule has 0 N–H and O–H groups in total. The van der Waals surface area contributed by atoms with E-state index in [1.54, 1.807) is 0 Å². The van der Waals surface area contributed by atoms with E-state index in [0.717, 1.165) is 5.75 Å². The molecule has 0 spiro atoms. The third-order valence-corrected chi connectivity index (χ3v) is 4.72. The van der Waals surface area contributed by atoms with Crippen molar-refractivity contribution in [1.29, 1.82) is 0 Å². The lowest BCUT2D eigenvalue weighted by Crippen LogP contribution is -2.38. The van der Waals surface area contributed by atoms with Gasteiger partial charge in [0.2, 0.25) is 0 Å². The van der Waals surface area contributed by atoms with Gasteiger partial charge >= 0.3 is 0 Å². The van der Waals surface area contributed by atoms with Gasteiger partial charge in [-0.3, -0.25) is 0 Å². The molecule has 0 aliphatic carbocycles. The largest absolute Gasteiger partial charge is 0.466 e. The van der Waals surface area contributed by atoms with Crippen LogP contribution in [0.25, 0.3) is 0 Å². The first-order valence-corrected chi connectivity index (χ1v) is 7.56. The molecule has 2 unspecified atom stereocenters. The van der Waals surface area contributed by atoms with Gasteiger partial charge in [0.1, 0.15) is 11.9 Å². The Morgan fingerprint density at radius 1 is 0.857 bits per heavy atom. The molecule has 0 bridgehead atoms. The Hall–Kier alpha value is -2.16. The lowest BCUT2D eigenvalue weighted by atomic mass is 10.1. The maximum atomic E-state index is 6.19. The molecule has 2 aliphatic heterocycles. The lowest BCUT2D eigenvalue weighted by Gasteiger charge is -2.31. The van der Waals surface area contributed by atoms with Gasteiger partial charge in [0.25, 0.3) is 0 Å². The van der Waals surface area contributed by atoms with Gasteiger partial charge in [0.15, 0.2) is 6.23 Å². The highest BCUT2D eigenvalue weighted by Gasteiger charge is 2.49. The van der Waals surface area contributed by atoms with E-state index < -0.39 is 0 Å². The van der Waals surface area contributed by atoms with Crippen molar-refractivity contribution in [2.75, 3.05) is 9.80 Å². The average Bonchev–Trinajstić information content (AvgIpc) is 2.98. The first-order chi connectivity index (χ1) is 10.2. The lowest BCUT2D eigenvalue weighted by molar-refractivity contribution is 0.222. The van der Waals surface area contributed by atoms with Crippen LogP contribution in [0.1, 0.15) is 19.4 Å². The van der Waals surface area contributed by atoms with Gasteiger partial charge in [-0.15, -0.1) is 0 Å². The molecule has 3 heteroatoms. The van der Waals surface area contributed by atoms with Crippen LogP contribution in [0.5, 0.6) is 5.75 Å². The van der Waals surface area contributed by atoms with E-state index in [9.17, 15) is 0 Å². The first kappa shape index (κ1) is 12.6. The smallest absolute Gasteiger partial charge is 0.194 e. The van der Waals surface area contributed by atoms with Gasteiger partial charge in [0, 0.05) is 5.69 Å². The summed E-state index contributed by atoms with van der Waals surface area (Å²) >= 11 is 0. The second-order valence-corrected chi connectivity index (χ2v) is 5.95. The van der Waals surface area contributed by atoms with E-state index in [1.165, 1.54) is 16.9 Å². The molecule has 2 heterocycles. The second-order valence-electron chi connectivity index (χ2n) is 5.95. The maximum absolute atomic E-state index is 6.19. The highest BCUT2D eigenvalue weighted by Crippen LogP contribution is 2.46. The Morgan fingerprint density at radius 2 is 1.52 bits per heavy atom. The zero-order valence-electron chi connectivity index (χ0n) is 12.7. The van der Waals surface area contributed by atoms with Crippen LogP contribution in [-0.4, -0.2) is 18.4 Å². The summed E-state index contributed by atoms with van der Waals surface area (Å²) in [6.07, 6.45) is 0.381. The molecule has 2 aromatic carbocycles. The maximum Gasteiger partial charge on any atom is 0.194 e. The summed E-state index contributed by atoms with van der Waals surface area (Å²) in [5, 5.41) is 0. The van der Waals surface area contributed by atoms with Crippen molar-refractivity contribution < 1.29 is 4.74 Å². The summed E-state index contributed by atoms with van der Waals surface area (Å²) in [7, 11) is 0. The molecule has 3 nitrogen and oxygen atoms in total. The molecule has 2 aliphatic rings. The van der Waals surface area contributed by atoms with Gasteiger partial charge in [-0.2, -0.15) is 0 Å². The molecule has 1 saturated heterocycles. The number of hydrogen-bond donors (Lipinski definition) is 0. The molecule has 21 heavy (non-hydrogen) atoms. The fraction of sp³-hybridized carbons (Fsp3) is 0.333. The van der Waals surface area contributed by atoms with Crippen molar-refractivity contribution in [3.8, 4) is 5.75 Å². The van der Waals surface area contributed by atoms with Crippen LogP contribution in [0.2, 0.25) is 0 Å². The van der Waals surface area contributed by atoms with E-state index in [-0.39, 0.29) is 12.4 Å². The number of ether oxygens (including phenoxy) is 1. The summed E-state index contributed by atoms with van der Waals surface area (Å²) in [6, 6.07) is 17.2. The number of nitrogens with zero attached hydrogens (tertiary/aromatic N) is 2. The number of fused-ring (bicyclic) bond motifs is 3. The van der Waals surface area contributed by atoms with Gasteiger partial charge < -0.3 is 14.5 Å². The molecule has 2 aromatic rings. The van der Waals surface area contributed by atoms with Crippen molar-refractivity contribution in [1.82, 2.24) is 0 Å². The average molecular weight is 280 g/mol. The third kappa shape index (κ3) is 1.67. The Morgan fingerprint density at radius 3 is 2.29 bits per heavy atom. The second kappa shape index (κ2) is 4.42. The van der Waals surface area contributed by atoms with E-state index in [1.807, 2.05) is 6.07 Å². The number of rotatable bonds is 1. The van der Waals surface area contributed by atoms with Gasteiger partial charge in [-0.05, 0) is 44.5 Å². The van der Waals surface area contributed by atoms with Crippen LogP contribution in [0, 0.1) is 6.92 Å². The fourth-order valence-electron chi connectivity index (χ4n) is 3.72. The monoisotopic (exact) mass is 280 g/mol. The number of benzene rings is 2. The van der Waals surface area contributed by atoms with Crippen molar-refractivity contribution in [3.05, 3.63) is 54.1 Å². The predicted molar refractivity (Wildman–Crippen MR) is 85.9 cm³/mol. The third-order valence-electron chi connectivity index (χ3n) is 4.72. The van der Waals surface area contributed by atoms with Crippen LogP contribution in [0.3, 0.4) is 0 Å². The van der Waals surface area contributed by atoms with Crippen LogP contribution in [-0.2, 0) is 0 Å². The summed E-state index contributed by atoms with van der Waals surface area (Å²) < 4.78 is 6.19. The van der Waals surface area contributed by atoms with Crippen LogP contribution in [0.4, 0.5) is 11.4 Å². The van der Waals surface area contributed by atoms with Crippen molar-refractivity contribution >= 4 is 11.4 Å². The standard InChI is InChI=1S/C18H20N2O/c1-12-8-4-5-9-15(12)19-13(2)18-20(14(19)3)16-10-6-7-11-17(16)21-18/h4-11,13-14,18H,1-3H3/t13-,14?,18?/m0/s1. The Labute approximate surface area is 125 Å². The van der Waals surface area contributed by atoms with E-state index in [0.29, 0.717) is 6.04 Å². The predicted octanol–water partition coefficient (Wildman–Crippen LogP) is 3.77. The number of hydrogen-bond acceptors (Lipinski definition) is 3. The molecular formula is C18H20N2O. The van der Waals surface area contributed by atoms with Crippen molar-refractivity contribution in [2.24, 2.45) is 0 Å². The molecule has 0 aromatic heterocycles. The van der Waals surface area contributed by atoms with Crippen molar-refractivity contribution in [2.45, 2.75) is 39.2 Å². The molecule has 3 atom stereocenters. The molecule has 1 fully saturated rings. The summed E-state index contributed by atoms with van der Waals surface area (Å²) in [4.78, 5) is 4.86. The zero-order chi connectivity index (χ0) is 14.6. The van der Waals surface area contributed by atoms with E-state index >= 15 is 0 Å². The minimum atomic E-state index is 0.0945. The SMILES string of the molecule is Cc1ccccc1N1C(C)N2c3ccccc3OC2[C@@H]1C. The molecule has 4 rings (SSSR count). The van der Waals surface area contributed by atoms with E-state index in [2.05, 4.69) is 73.0 Å². The normalized spacial score (nSPS) is 26.5. The highest BCUT2D eigenvalue weighted by molar-refractivity contribution is 5.68.